The molecule has 1 atom stereocenters. The van der Waals surface area contributed by atoms with Crippen LogP contribution in [0, 0.1) is 6.92 Å². The lowest BCUT2D eigenvalue weighted by Gasteiger charge is -2.29. The first kappa shape index (κ1) is 28.6. The van der Waals surface area contributed by atoms with E-state index in [0.717, 1.165) is 55.7 Å². The maximum absolute atomic E-state index is 14.6. The molecule has 3 aliphatic rings. The fraction of sp³-hybridized carbons (Fsp3) is 0.375. The number of aliphatic imine (C=N–C) groups is 1. The predicted octanol–water partition coefficient (Wildman–Crippen LogP) is 5.91. The number of imidazole rings is 1. The highest BCUT2D eigenvalue weighted by molar-refractivity contribution is 7.13. The molecule has 1 spiro atoms. The largest absolute Gasteiger partial charge is 0.398 e. The molecule has 2 aromatic heterocycles. The number of rotatable bonds is 8. The third kappa shape index (κ3) is 5.15. The smallest absolute Gasteiger partial charge is 0.264 e. The van der Waals surface area contributed by atoms with E-state index < -0.39 is 18.4 Å². The van der Waals surface area contributed by atoms with Crippen LogP contribution in [0.25, 0.3) is 11.1 Å². The monoisotopic (exact) mass is 617 g/mol. The minimum absolute atomic E-state index is 0.0985. The molecule has 4 aromatic rings. The molecule has 1 saturated carbocycles. The summed E-state index contributed by atoms with van der Waals surface area (Å²) in [6, 6.07) is 8.28. The lowest BCUT2D eigenvalue weighted by atomic mass is 9.92. The molecule has 0 bridgehead atoms. The van der Waals surface area contributed by atoms with E-state index in [-0.39, 0.29) is 22.4 Å². The number of nitrogens with two attached hydrogens (primary N) is 1. The first-order valence-electron chi connectivity index (χ1n) is 14.8. The molecule has 2 aromatic carbocycles. The minimum atomic E-state index is -2.81. The number of fused-ring (bicyclic) bond motifs is 2. The maximum atomic E-state index is 14.6. The highest BCUT2D eigenvalue weighted by atomic mass is 32.1. The zero-order valence-corrected chi connectivity index (χ0v) is 25.1. The van der Waals surface area contributed by atoms with Gasteiger partial charge in [-0.25, -0.2) is 18.7 Å². The third-order valence-corrected chi connectivity index (χ3v) is 9.77. The molecule has 2 fully saturated rings. The van der Waals surface area contributed by atoms with Crippen LogP contribution in [0.5, 0.6) is 0 Å². The molecule has 1 saturated heterocycles. The van der Waals surface area contributed by atoms with Crippen LogP contribution < -0.4 is 16.0 Å². The number of halogens is 2. The molecule has 12 heteroatoms. The third-order valence-electron chi connectivity index (χ3n) is 9.09. The number of anilines is 3. The Morgan fingerprint density at radius 2 is 1.95 bits per heavy atom. The molecule has 7 rings (SSSR count). The summed E-state index contributed by atoms with van der Waals surface area (Å²) < 4.78 is 36.8. The molecular formula is C32H33F2N7O2S. The van der Waals surface area contributed by atoms with E-state index in [4.69, 9.17) is 10.5 Å². The Bertz CT molecular complexity index is 1710. The molecule has 228 valence electrons. The van der Waals surface area contributed by atoms with Gasteiger partial charge in [-0.05, 0) is 67.5 Å². The lowest BCUT2D eigenvalue weighted by Crippen LogP contribution is -2.36. The van der Waals surface area contributed by atoms with Crippen LogP contribution in [-0.4, -0.2) is 53.0 Å². The fourth-order valence-electron chi connectivity index (χ4n) is 6.39. The molecule has 9 nitrogen and oxygen atoms in total. The second kappa shape index (κ2) is 11.4. The summed E-state index contributed by atoms with van der Waals surface area (Å²) in [5.74, 6) is -0.430. The Morgan fingerprint density at radius 1 is 1.18 bits per heavy atom. The van der Waals surface area contributed by atoms with Crippen LogP contribution in [-0.2, 0) is 21.5 Å². The minimum Gasteiger partial charge on any atom is -0.398 e. The number of thiazole rings is 1. The average Bonchev–Trinajstić information content (AvgIpc) is 3.31. The number of amides is 1. The molecule has 1 unspecified atom stereocenters. The van der Waals surface area contributed by atoms with Crippen molar-refractivity contribution >= 4 is 40.0 Å². The van der Waals surface area contributed by atoms with Crippen molar-refractivity contribution in [3.63, 3.8) is 0 Å². The number of hydrogen-bond donors (Lipinski definition) is 2. The lowest BCUT2D eigenvalue weighted by molar-refractivity contribution is -0.117. The van der Waals surface area contributed by atoms with Gasteiger partial charge in [-0.2, -0.15) is 0 Å². The predicted molar refractivity (Wildman–Crippen MR) is 168 cm³/mol. The second-order valence-corrected chi connectivity index (χ2v) is 12.5. The quantitative estimate of drug-likeness (QED) is 0.188. The molecule has 3 N–H and O–H groups in total. The van der Waals surface area contributed by atoms with Crippen LogP contribution in [0.2, 0.25) is 0 Å². The topological polar surface area (TPSA) is 111 Å². The van der Waals surface area contributed by atoms with Gasteiger partial charge < -0.3 is 19.9 Å². The Balaban J connectivity index is 1.23. The number of morpholine rings is 1. The van der Waals surface area contributed by atoms with Gasteiger partial charge in [0, 0.05) is 64.6 Å². The van der Waals surface area contributed by atoms with Gasteiger partial charge in [0.15, 0.2) is 11.2 Å². The summed E-state index contributed by atoms with van der Waals surface area (Å²) in [6.07, 6.45) is 5.85. The summed E-state index contributed by atoms with van der Waals surface area (Å²) in [7, 11) is 0. The van der Waals surface area contributed by atoms with Crippen LogP contribution in [0.4, 0.5) is 25.3 Å². The Labute approximate surface area is 257 Å². The Kier molecular flexibility index (Phi) is 7.41. The Morgan fingerprint density at radius 3 is 2.64 bits per heavy atom. The van der Waals surface area contributed by atoms with Crippen molar-refractivity contribution in [2.24, 2.45) is 4.99 Å². The van der Waals surface area contributed by atoms with Gasteiger partial charge in [0.2, 0.25) is 0 Å². The van der Waals surface area contributed by atoms with Crippen molar-refractivity contribution in [2.75, 3.05) is 42.3 Å². The SMILES string of the molecule is Cc1c(-c2ccc(N3CCOCC3)cc2)cc(C(F)F)c(C=NC(C(=O)Nc2nccs2)c2ncn3c2CCC32CC2)c1N. The van der Waals surface area contributed by atoms with Gasteiger partial charge in [-0.1, -0.05) is 12.1 Å². The van der Waals surface area contributed by atoms with Crippen LogP contribution in [0.15, 0.2) is 53.2 Å². The van der Waals surface area contributed by atoms with Gasteiger partial charge in [0.1, 0.15) is 0 Å². The molecule has 0 radical (unpaired) electrons. The molecular weight excluding hydrogens is 584 g/mol. The number of benzene rings is 2. The fourth-order valence-corrected chi connectivity index (χ4v) is 6.92. The van der Waals surface area contributed by atoms with Gasteiger partial charge in [-0.15, -0.1) is 11.3 Å². The average molecular weight is 618 g/mol. The maximum Gasteiger partial charge on any atom is 0.264 e. The van der Waals surface area contributed by atoms with Gasteiger partial charge in [-0.3, -0.25) is 15.1 Å². The standard InChI is InChI=1S/C32H33F2N7O2S/c1-19-22(20-2-4-21(5-3-20)40-11-13-43-14-12-40)16-23(29(33)34)24(26(19)35)17-37-28(30(42)39-31-36-10-15-44-31)27-25-6-7-32(8-9-32)41(25)18-38-27/h2-5,10,15-18,28-29H,6-9,11-14,35H2,1H3,(H,36,39,42). The van der Waals surface area contributed by atoms with Crippen molar-refractivity contribution in [1.82, 2.24) is 14.5 Å². The summed E-state index contributed by atoms with van der Waals surface area (Å²) in [5, 5.41) is 5.00. The number of carbonyl (C=O) groups excluding carboxylic acids is 1. The number of aromatic nitrogens is 3. The first-order chi connectivity index (χ1) is 21.3. The number of carbonyl (C=O) groups is 1. The van der Waals surface area contributed by atoms with Crippen molar-refractivity contribution in [3.05, 3.63) is 76.3 Å². The number of alkyl halides is 2. The van der Waals surface area contributed by atoms with E-state index in [1.807, 2.05) is 31.2 Å². The van der Waals surface area contributed by atoms with E-state index in [9.17, 15) is 13.6 Å². The van der Waals surface area contributed by atoms with Gasteiger partial charge in [0.25, 0.3) is 12.3 Å². The zero-order valence-electron chi connectivity index (χ0n) is 24.3. The van der Waals surface area contributed by atoms with Crippen molar-refractivity contribution < 1.29 is 18.3 Å². The van der Waals surface area contributed by atoms with Crippen molar-refractivity contribution in [3.8, 4) is 11.1 Å². The number of nitrogens with one attached hydrogen (secondary N) is 1. The summed E-state index contributed by atoms with van der Waals surface area (Å²) in [6.45, 7) is 4.78. The van der Waals surface area contributed by atoms with Crippen LogP contribution >= 0.6 is 11.3 Å². The number of hydrogen-bond acceptors (Lipinski definition) is 8. The molecule has 1 aliphatic carbocycles. The van der Waals surface area contributed by atoms with Gasteiger partial charge in [0.05, 0.1) is 25.2 Å². The van der Waals surface area contributed by atoms with Crippen molar-refractivity contribution in [1.29, 1.82) is 0 Å². The molecule has 1 amide bonds. The number of ether oxygens (including phenoxy) is 1. The van der Waals surface area contributed by atoms with E-state index >= 15 is 0 Å². The summed E-state index contributed by atoms with van der Waals surface area (Å²) in [4.78, 5) is 29.2. The number of nitrogens with zero attached hydrogens (tertiary/aromatic N) is 5. The van der Waals surface area contributed by atoms with Crippen LogP contribution in [0.3, 0.4) is 0 Å². The Hall–Kier alpha value is -4.16. The molecule has 4 heterocycles. The number of nitrogen functional groups attached to an aromatic ring is 1. The first-order valence-corrected chi connectivity index (χ1v) is 15.7. The van der Waals surface area contributed by atoms with Crippen LogP contribution in [0.1, 0.15) is 59.8 Å². The summed E-state index contributed by atoms with van der Waals surface area (Å²) >= 11 is 1.29. The second-order valence-electron chi connectivity index (χ2n) is 11.6. The van der Waals surface area contributed by atoms with E-state index in [0.29, 0.717) is 35.2 Å². The molecule has 44 heavy (non-hydrogen) atoms. The van der Waals surface area contributed by atoms with Gasteiger partial charge >= 0.3 is 0 Å². The highest BCUT2D eigenvalue weighted by Crippen LogP contribution is 2.52. The highest BCUT2D eigenvalue weighted by Gasteiger charge is 2.50. The normalized spacial score (nSPS) is 17.9. The van der Waals surface area contributed by atoms with E-state index in [2.05, 4.69) is 29.7 Å². The van der Waals surface area contributed by atoms with E-state index in [1.165, 1.54) is 23.6 Å². The zero-order chi connectivity index (χ0) is 30.4. The van der Waals surface area contributed by atoms with Crippen molar-refractivity contribution in [2.45, 2.75) is 50.6 Å². The van der Waals surface area contributed by atoms with E-state index in [1.54, 1.807) is 17.9 Å². The molecule has 2 aliphatic heterocycles. The summed E-state index contributed by atoms with van der Waals surface area (Å²) in [5.41, 5.74) is 11.4.